The molecule has 5 nitrogen and oxygen atoms in total. The first kappa shape index (κ1) is 13.2. The van der Waals surface area contributed by atoms with Crippen LogP contribution >= 0.6 is 0 Å². The fourth-order valence-corrected chi connectivity index (χ4v) is 2.53. The van der Waals surface area contributed by atoms with Crippen LogP contribution in [-0.2, 0) is 10.3 Å². The van der Waals surface area contributed by atoms with Gasteiger partial charge in [-0.05, 0) is 32.6 Å². The first-order chi connectivity index (χ1) is 8.57. The van der Waals surface area contributed by atoms with Crippen molar-refractivity contribution in [2.24, 2.45) is 0 Å². The lowest BCUT2D eigenvalue weighted by Crippen LogP contribution is -2.30. The van der Waals surface area contributed by atoms with E-state index in [2.05, 4.69) is 28.8 Å². The Morgan fingerprint density at radius 2 is 1.89 bits per heavy atom. The molecule has 0 unspecified atom stereocenters. The highest BCUT2D eigenvalue weighted by atomic mass is 16.5. The van der Waals surface area contributed by atoms with Gasteiger partial charge in [0, 0.05) is 12.5 Å². The van der Waals surface area contributed by atoms with Crippen molar-refractivity contribution in [2.45, 2.75) is 58.0 Å². The molecule has 2 rings (SSSR count). The Kier molecular flexibility index (Phi) is 3.80. The summed E-state index contributed by atoms with van der Waals surface area (Å²) in [6, 6.07) is 0. The Labute approximate surface area is 108 Å². The van der Waals surface area contributed by atoms with Crippen molar-refractivity contribution in [1.29, 1.82) is 0 Å². The molecule has 0 radical (unpaired) electrons. The van der Waals surface area contributed by atoms with Gasteiger partial charge in [-0.25, -0.2) is 4.98 Å². The van der Waals surface area contributed by atoms with Crippen LogP contribution in [0.15, 0.2) is 0 Å². The van der Waals surface area contributed by atoms with Gasteiger partial charge in [0.25, 0.3) is 0 Å². The van der Waals surface area contributed by atoms with E-state index >= 15 is 0 Å². The third-order valence-corrected chi connectivity index (χ3v) is 3.43. The highest BCUT2D eigenvalue weighted by Crippen LogP contribution is 2.40. The van der Waals surface area contributed by atoms with Crippen molar-refractivity contribution in [3.63, 3.8) is 0 Å². The summed E-state index contributed by atoms with van der Waals surface area (Å²) in [7, 11) is 0. The average molecular weight is 250 g/mol. The summed E-state index contributed by atoms with van der Waals surface area (Å²) in [5.41, 5.74) is 5.46. The number of rotatable bonds is 4. The van der Waals surface area contributed by atoms with Crippen LogP contribution < -0.4 is 5.73 Å². The summed E-state index contributed by atoms with van der Waals surface area (Å²) in [5.74, 6) is 2.02. The van der Waals surface area contributed by atoms with Gasteiger partial charge in [0.2, 0.25) is 5.95 Å². The van der Waals surface area contributed by atoms with E-state index in [1.807, 2.05) is 6.92 Å². The molecular weight excluding hydrogens is 228 g/mol. The number of anilines is 1. The quantitative estimate of drug-likeness (QED) is 0.888. The Bertz CT molecular complexity index is 413. The van der Waals surface area contributed by atoms with Gasteiger partial charge in [-0.1, -0.05) is 13.8 Å². The number of nitrogen functional groups attached to an aromatic ring is 1. The molecule has 1 aliphatic carbocycles. The second kappa shape index (κ2) is 5.18. The first-order valence-electron chi connectivity index (χ1n) is 6.73. The SMILES string of the molecule is CCOC1(c2nc(N)nc(C(C)C)n2)CCCC1. The first-order valence-corrected chi connectivity index (χ1v) is 6.73. The van der Waals surface area contributed by atoms with Crippen LogP contribution in [0.5, 0.6) is 0 Å². The topological polar surface area (TPSA) is 73.9 Å². The maximum absolute atomic E-state index is 5.96. The van der Waals surface area contributed by atoms with E-state index in [0.29, 0.717) is 12.6 Å². The summed E-state index contributed by atoms with van der Waals surface area (Å²) < 4.78 is 5.96. The predicted octanol–water partition coefficient (Wildman–Crippen LogP) is 2.38. The van der Waals surface area contributed by atoms with Gasteiger partial charge in [0.1, 0.15) is 11.4 Å². The van der Waals surface area contributed by atoms with E-state index < -0.39 is 0 Å². The molecule has 0 aromatic carbocycles. The van der Waals surface area contributed by atoms with E-state index in [1.165, 1.54) is 0 Å². The van der Waals surface area contributed by atoms with Crippen molar-refractivity contribution in [1.82, 2.24) is 15.0 Å². The average Bonchev–Trinajstić information content (AvgIpc) is 2.78. The second-order valence-electron chi connectivity index (χ2n) is 5.16. The molecule has 18 heavy (non-hydrogen) atoms. The molecule has 100 valence electrons. The molecule has 0 spiro atoms. The minimum atomic E-state index is -0.338. The fraction of sp³-hybridized carbons (Fsp3) is 0.769. The minimum absolute atomic E-state index is 0.245. The number of ether oxygens (including phenoxy) is 1. The monoisotopic (exact) mass is 250 g/mol. The number of hydrogen-bond acceptors (Lipinski definition) is 5. The van der Waals surface area contributed by atoms with Crippen molar-refractivity contribution in [2.75, 3.05) is 12.3 Å². The van der Waals surface area contributed by atoms with Crippen LogP contribution in [-0.4, -0.2) is 21.6 Å². The second-order valence-corrected chi connectivity index (χ2v) is 5.16. The van der Waals surface area contributed by atoms with Crippen LogP contribution in [0.3, 0.4) is 0 Å². The van der Waals surface area contributed by atoms with E-state index in [1.54, 1.807) is 0 Å². The molecule has 1 aromatic rings. The summed E-state index contributed by atoms with van der Waals surface area (Å²) >= 11 is 0. The van der Waals surface area contributed by atoms with Crippen molar-refractivity contribution < 1.29 is 4.74 Å². The molecule has 5 heteroatoms. The van der Waals surface area contributed by atoms with Crippen LogP contribution in [0.25, 0.3) is 0 Å². The normalized spacial score (nSPS) is 18.4. The van der Waals surface area contributed by atoms with Gasteiger partial charge in [-0.3, -0.25) is 0 Å². The third-order valence-electron chi connectivity index (χ3n) is 3.43. The molecule has 1 fully saturated rings. The van der Waals surface area contributed by atoms with E-state index in [9.17, 15) is 0 Å². The smallest absolute Gasteiger partial charge is 0.223 e. The zero-order valence-electron chi connectivity index (χ0n) is 11.4. The van der Waals surface area contributed by atoms with Crippen LogP contribution in [0.4, 0.5) is 5.95 Å². The van der Waals surface area contributed by atoms with Crippen LogP contribution in [0.2, 0.25) is 0 Å². The van der Waals surface area contributed by atoms with Gasteiger partial charge in [0.05, 0.1) is 0 Å². The highest BCUT2D eigenvalue weighted by Gasteiger charge is 2.39. The molecule has 1 saturated carbocycles. The molecule has 1 aliphatic rings. The molecule has 2 N–H and O–H groups in total. The summed E-state index contributed by atoms with van der Waals surface area (Å²) in [4.78, 5) is 13.1. The number of nitrogens with zero attached hydrogens (tertiary/aromatic N) is 3. The van der Waals surface area contributed by atoms with Crippen LogP contribution in [0.1, 0.15) is 64.0 Å². The molecule has 0 saturated heterocycles. The lowest BCUT2D eigenvalue weighted by Gasteiger charge is -2.27. The van der Waals surface area contributed by atoms with Crippen LogP contribution in [0, 0.1) is 0 Å². The van der Waals surface area contributed by atoms with E-state index in [0.717, 1.165) is 37.3 Å². The highest BCUT2D eigenvalue weighted by molar-refractivity contribution is 5.20. The van der Waals surface area contributed by atoms with Gasteiger partial charge >= 0.3 is 0 Å². The maximum atomic E-state index is 5.96. The Hall–Kier alpha value is -1.23. The standard InChI is InChI=1S/C13H22N4O/c1-4-18-13(7-5-6-8-13)11-15-10(9(2)3)16-12(14)17-11/h9H,4-8H2,1-3H3,(H2,14,15,16,17). The predicted molar refractivity (Wildman–Crippen MR) is 70.1 cm³/mol. The molecule has 0 aliphatic heterocycles. The number of nitrogens with two attached hydrogens (primary N) is 1. The Morgan fingerprint density at radius 1 is 1.22 bits per heavy atom. The zero-order valence-corrected chi connectivity index (χ0v) is 11.4. The van der Waals surface area contributed by atoms with Gasteiger partial charge in [-0.15, -0.1) is 0 Å². The lowest BCUT2D eigenvalue weighted by atomic mass is 10.0. The molecule has 0 bridgehead atoms. The largest absolute Gasteiger partial charge is 0.368 e. The van der Waals surface area contributed by atoms with E-state index in [4.69, 9.17) is 10.5 Å². The zero-order chi connectivity index (χ0) is 13.2. The molecule has 0 amide bonds. The molecule has 0 atom stereocenters. The molecule has 1 aromatic heterocycles. The minimum Gasteiger partial charge on any atom is -0.368 e. The number of aromatic nitrogens is 3. The van der Waals surface area contributed by atoms with Crippen molar-refractivity contribution >= 4 is 5.95 Å². The maximum Gasteiger partial charge on any atom is 0.223 e. The summed E-state index contributed by atoms with van der Waals surface area (Å²) in [6.45, 7) is 6.79. The summed E-state index contributed by atoms with van der Waals surface area (Å²) in [6.07, 6.45) is 4.26. The number of hydrogen-bond donors (Lipinski definition) is 1. The van der Waals surface area contributed by atoms with E-state index in [-0.39, 0.29) is 11.5 Å². The Morgan fingerprint density at radius 3 is 2.44 bits per heavy atom. The lowest BCUT2D eigenvalue weighted by molar-refractivity contribution is -0.0459. The van der Waals surface area contributed by atoms with Gasteiger partial charge < -0.3 is 10.5 Å². The van der Waals surface area contributed by atoms with Gasteiger partial charge in [-0.2, -0.15) is 9.97 Å². The molecular formula is C13H22N4O. The van der Waals surface area contributed by atoms with Crippen molar-refractivity contribution in [3.05, 3.63) is 11.6 Å². The summed E-state index contributed by atoms with van der Waals surface area (Å²) in [5, 5.41) is 0. The molecule has 1 heterocycles. The van der Waals surface area contributed by atoms with Crippen molar-refractivity contribution in [3.8, 4) is 0 Å². The Balaban J connectivity index is 2.41. The third kappa shape index (κ3) is 2.46. The van der Waals surface area contributed by atoms with Gasteiger partial charge in [0.15, 0.2) is 5.82 Å². The fourth-order valence-electron chi connectivity index (χ4n) is 2.53.